The summed E-state index contributed by atoms with van der Waals surface area (Å²) in [6.45, 7) is 0.780. The van der Waals surface area contributed by atoms with E-state index < -0.39 is 0 Å². The van der Waals surface area contributed by atoms with E-state index >= 15 is 0 Å². The van der Waals surface area contributed by atoms with Crippen molar-refractivity contribution < 1.29 is 18.8 Å². The van der Waals surface area contributed by atoms with E-state index in [4.69, 9.17) is 9.47 Å². The van der Waals surface area contributed by atoms with Crippen LogP contribution in [0.25, 0.3) is 0 Å². The molecule has 0 spiro atoms. The molecule has 0 saturated carbocycles. The normalized spacial score (nSPS) is 10.2. The lowest BCUT2D eigenvalue weighted by Crippen LogP contribution is -2.33. The van der Waals surface area contributed by atoms with E-state index in [2.05, 4.69) is 22.0 Å². The Morgan fingerprint density at radius 2 is 1.54 bits per heavy atom. The second-order valence-corrected chi connectivity index (χ2v) is 5.80. The summed E-state index contributed by atoms with van der Waals surface area (Å²) in [5.74, 6) is 0.925. The molecule has 132 valence electrons. The van der Waals surface area contributed by atoms with Crippen molar-refractivity contribution in [2.24, 2.45) is 0 Å². The first-order chi connectivity index (χ1) is 12.7. The molecule has 3 aromatic rings. The first-order valence-electron chi connectivity index (χ1n) is 8.25. The van der Waals surface area contributed by atoms with Crippen LogP contribution in [0.1, 0.15) is 15.9 Å². The molecule has 0 radical (unpaired) electrons. The van der Waals surface area contributed by atoms with Crippen LogP contribution in [0.5, 0.6) is 11.5 Å². The highest BCUT2D eigenvalue weighted by molar-refractivity contribution is 6.04. The second kappa shape index (κ2) is 8.16. The quantitative estimate of drug-likeness (QED) is 0.695. The Kier molecular flexibility index (Phi) is 5.49. The minimum Gasteiger partial charge on any atom is -0.497 e. The van der Waals surface area contributed by atoms with E-state index in [0.29, 0.717) is 17.1 Å². The fourth-order valence-corrected chi connectivity index (χ4v) is 2.58. The van der Waals surface area contributed by atoms with Crippen LogP contribution in [0.2, 0.25) is 0 Å². The van der Waals surface area contributed by atoms with Crippen LogP contribution < -0.4 is 19.4 Å². The van der Waals surface area contributed by atoms with E-state index in [1.807, 2.05) is 42.7 Å². The van der Waals surface area contributed by atoms with Gasteiger partial charge in [0.15, 0.2) is 18.9 Å². The fraction of sp³-hybridized carbons (Fsp3) is 0.143. The number of methoxy groups -OCH3 is 2. The van der Waals surface area contributed by atoms with Crippen LogP contribution in [0, 0.1) is 0 Å². The van der Waals surface area contributed by atoms with E-state index in [-0.39, 0.29) is 5.91 Å². The third kappa shape index (κ3) is 4.39. The maximum atomic E-state index is 12.5. The largest absolute Gasteiger partial charge is 0.497 e. The number of hydrogen-bond donors (Lipinski definition) is 1. The Labute approximate surface area is 152 Å². The highest BCUT2D eigenvalue weighted by Gasteiger charge is 2.11. The Hall–Kier alpha value is -3.34. The Morgan fingerprint density at radius 3 is 2.12 bits per heavy atom. The monoisotopic (exact) mass is 349 g/mol. The summed E-state index contributed by atoms with van der Waals surface area (Å²) >= 11 is 0. The number of carbonyl (C=O) groups excluding carboxylic acids is 1. The average molecular weight is 349 g/mol. The summed E-state index contributed by atoms with van der Waals surface area (Å²) in [6, 6.07) is 19.0. The van der Waals surface area contributed by atoms with E-state index in [0.717, 1.165) is 12.2 Å². The molecular weight excluding hydrogens is 328 g/mol. The van der Waals surface area contributed by atoms with Crippen molar-refractivity contribution >= 4 is 11.6 Å². The molecule has 0 aliphatic heterocycles. The van der Waals surface area contributed by atoms with Crippen LogP contribution in [0.4, 0.5) is 5.69 Å². The van der Waals surface area contributed by atoms with Crippen molar-refractivity contribution in [3.63, 3.8) is 0 Å². The number of ether oxygens (including phenoxy) is 2. The van der Waals surface area contributed by atoms with Gasteiger partial charge in [0, 0.05) is 29.3 Å². The molecule has 5 heteroatoms. The summed E-state index contributed by atoms with van der Waals surface area (Å²) in [4.78, 5) is 12.5. The first kappa shape index (κ1) is 17.5. The zero-order valence-corrected chi connectivity index (χ0v) is 14.8. The zero-order chi connectivity index (χ0) is 18.4. The lowest BCUT2D eigenvalue weighted by atomic mass is 10.2. The average Bonchev–Trinajstić information content (AvgIpc) is 2.69. The first-order valence-corrected chi connectivity index (χ1v) is 8.25. The maximum Gasteiger partial charge on any atom is 0.255 e. The molecule has 2 aromatic carbocycles. The molecule has 1 N–H and O–H groups in total. The van der Waals surface area contributed by atoms with Gasteiger partial charge in [-0.3, -0.25) is 4.79 Å². The van der Waals surface area contributed by atoms with Crippen LogP contribution in [0.3, 0.4) is 0 Å². The molecule has 0 aliphatic carbocycles. The number of nitrogens with zero attached hydrogens (tertiary/aromatic N) is 1. The number of amides is 1. The summed E-state index contributed by atoms with van der Waals surface area (Å²) in [5.41, 5.74) is 2.42. The molecule has 0 atom stereocenters. The smallest absolute Gasteiger partial charge is 0.255 e. The Balaban J connectivity index is 1.70. The van der Waals surface area contributed by atoms with Gasteiger partial charge in [-0.2, -0.15) is 0 Å². The van der Waals surface area contributed by atoms with Gasteiger partial charge in [-0.15, -0.1) is 0 Å². The predicted octanol–water partition coefficient (Wildman–Crippen LogP) is 3.29. The Morgan fingerprint density at radius 1 is 0.923 bits per heavy atom. The highest BCUT2D eigenvalue weighted by atomic mass is 16.5. The van der Waals surface area contributed by atoms with Crippen molar-refractivity contribution in [2.45, 2.75) is 6.54 Å². The number of nitrogens with one attached hydrogen (secondary N) is 1. The number of pyridine rings is 1. The summed E-state index contributed by atoms with van der Waals surface area (Å²) in [5, 5.41) is 2.89. The molecule has 1 heterocycles. The molecule has 0 saturated heterocycles. The lowest BCUT2D eigenvalue weighted by molar-refractivity contribution is -0.688. The van der Waals surface area contributed by atoms with Gasteiger partial charge in [0.1, 0.15) is 11.5 Å². The van der Waals surface area contributed by atoms with Gasteiger partial charge in [-0.25, -0.2) is 4.57 Å². The minimum atomic E-state index is -0.219. The molecule has 1 aromatic heterocycles. The van der Waals surface area contributed by atoms with Crippen LogP contribution in [-0.4, -0.2) is 20.1 Å². The highest BCUT2D eigenvalue weighted by Crippen LogP contribution is 2.23. The molecule has 0 aliphatic rings. The van der Waals surface area contributed by atoms with E-state index in [9.17, 15) is 4.79 Å². The van der Waals surface area contributed by atoms with Gasteiger partial charge >= 0.3 is 0 Å². The number of benzene rings is 2. The second-order valence-electron chi connectivity index (χ2n) is 5.80. The van der Waals surface area contributed by atoms with Crippen LogP contribution >= 0.6 is 0 Å². The summed E-state index contributed by atoms with van der Waals surface area (Å²) < 4.78 is 12.5. The molecule has 26 heavy (non-hydrogen) atoms. The van der Waals surface area contributed by atoms with Crippen molar-refractivity contribution in [2.75, 3.05) is 19.5 Å². The molecule has 0 unspecified atom stereocenters. The predicted molar refractivity (Wildman–Crippen MR) is 99.7 cm³/mol. The van der Waals surface area contributed by atoms with Gasteiger partial charge in [-0.1, -0.05) is 30.3 Å². The molecule has 3 rings (SSSR count). The van der Waals surface area contributed by atoms with Crippen molar-refractivity contribution in [1.29, 1.82) is 0 Å². The number of rotatable bonds is 6. The zero-order valence-electron chi connectivity index (χ0n) is 14.8. The standard InChI is InChI=1S/C21H20N2O3/c1-25-19-12-17(13-20(14-19)26-2)21(24)22-18-8-10-23(11-9-18)15-16-6-4-3-5-7-16/h3-14H,15H2,1-2H3/p+1. The topological polar surface area (TPSA) is 51.4 Å². The number of hydrogen-bond acceptors (Lipinski definition) is 3. The molecule has 0 bridgehead atoms. The van der Waals surface area contributed by atoms with Gasteiger partial charge in [0.2, 0.25) is 0 Å². The lowest BCUT2D eigenvalue weighted by Gasteiger charge is -2.09. The van der Waals surface area contributed by atoms with Crippen LogP contribution in [-0.2, 0) is 6.54 Å². The molecule has 0 fully saturated rings. The number of aromatic nitrogens is 1. The van der Waals surface area contributed by atoms with E-state index in [1.165, 1.54) is 5.56 Å². The maximum absolute atomic E-state index is 12.5. The molecular formula is C21H21N2O3+. The molecule has 5 nitrogen and oxygen atoms in total. The number of anilines is 1. The third-order valence-electron chi connectivity index (χ3n) is 3.97. The minimum absolute atomic E-state index is 0.219. The molecule has 1 amide bonds. The van der Waals surface area contributed by atoms with Gasteiger partial charge in [0.25, 0.3) is 5.91 Å². The van der Waals surface area contributed by atoms with Crippen molar-refractivity contribution in [1.82, 2.24) is 0 Å². The SMILES string of the molecule is COc1cc(OC)cc(C(=O)Nc2cc[n+](Cc3ccccc3)cc2)c1. The van der Waals surface area contributed by atoms with Crippen LogP contribution in [0.15, 0.2) is 73.1 Å². The number of carbonyl (C=O) groups is 1. The Bertz CT molecular complexity index is 855. The third-order valence-corrected chi connectivity index (χ3v) is 3.97. The van der Waals surface area contributed by atoms with E-state index in [1.54, 1.807) is 32.4 Å². The van der Waals surface area contributed by atoms with Crippen molar-refractivity contribution in [3.8, 4) is 11.5 Å². The fourth-order valence-electron chi connectivity index (χ4n) is 2.58. The van der Waals surface area contributed by atoms with Gasteiger partial charge in [0.05, 0.1) is 19.9 Å². The summed E-state index contributed by atoms with van der Waals surface area (Å²) in [6.07, 6.45) is 3.88. The van der Waals surface area contributed by atoms with Crippen molar-refractivity contribution in [3.05, 3.63) is 84.2 Å². The summed E-state index contributed by atoms with van der Waals surface area (Å²) in [7, 11) is 3.11. The van der Waals surface area contributed by atoms with Gasteiger partial charge < -0.3 is 14.8 Å². The van der Waals surface area contributed by atoms with Gasteiger partial charge in [-0.05, 0) is 12.1 Å².